The van der Waals surface area contributed by atoms with E-state index >= 15 is 0 Å². The molecule has 1 aromatic carbocycles. The number of ether oxygens (including phenoxy) is 3. The molecule has 1 aromatic rings. The minimum Gasteiger partial charge on any atom is -0.493 e. The van der Waals surface area contributed by atoms with Crippen molar-refractivity contribution in [1.29, 1.82) is 5.26 Å². The Morgan fingerprint density at radius 1 is 1.47 bits per heavy atom. The summed E-state index contributed by atoms with van der Waals surface area (Å²) in [6, 6.07) is 5.78. The Kier molecular flexibility index (Phi) is 4.13. The van der Waals surface area contributed by atoms with E-state index in [1.807, 2.05) is 12.1 Å². The Morgan fingerprint density at radius 3 is 2.89 bits per heavy atom. The second-order valence-electron chi connectivity index (χ2n) is 4.50. The third kappa shape index (κ3) is 2.74. The highest BCUT2D eigenvalue weighted by molar-refractivity contribution is 5.56. The van der Waals surface area contributed by atoms with Crippen LogP contribution in [0.3, 0.4) is 0 Å². The van der Waals surface area contributed by atoms with E-state index < -0.39 is 6.04 Å². The molecule has 0 spiro atoms. The minimum atomic E-state index is -0.390. The van der Waals surface area contributed by atoms with E-state index in [0.29, 0.717) is 17.2 Å². The smallest absolute Gasteiger partial charge is 0.231 e. The highest BCUT2D eigenvalue weighted by Gasteiger charge is 2.23. The maximum Gasteiger partial charge on any atom is 0.231 e. The maximum atomic E-state index is 9.31. The van der Waals surface area contributed by atoms with E-state index in [-0.39, 0.29) is 12.8 Å². The van der Waals surface area contributed by atoms with Gasteiger partial charge in [0.1, 0.15) is 6.04 Å². The van der Waals surface area contributed by atoms with Crippen molar-refractivity contribution in [3.63, 3.8) is 0 Å². The van der Waals surface area contributed by atoms with E-state index in [2.05, 4.69) is 25.2 Å². The van der Waals surface area contributed by atoms with E-state index in [1.54, 1.807) is 7.11 Å². The quantitative estimate of drug-likeness (QED) is 0.882. The molecule has 1 aliphatic rings. The molecule has 1 N–H and O–H groups in total. The van der Waals surface area contributed by atoms with Crippen molar-refractivity contribution in [2.24, 2.45) is 0 Å². The van der Waals surface area contributed by atoms with E-state index in [0.717, 1.165) is 12.0 Å². The first-order valence-corrected chi connectivity index (χ1v) is 6.32. The van der Waals surface area contributed by atoms with Crippen LogP contribution in [0.25, 0.3) is 0 Å². The van der Waals surface area contributed by atoms with Crippen LogP contribution in [0.15, 0.2) is 12.1 Å². The lowest BCUT2D eigenvalue weighted by molar-refractivity contribution is 0.171. The molecule has 19 heavy (non-hydrogen) atoms. The number of hydrogen-bond donors (Lipinski definition) is 1. The van der Waals surface area contributed by atoms with Crippen LogP contribution in [-0.2, 0) is 0 Å². The van der Waals surface area contributed by atoms with Crippen LogP contribution in [-0.4, -0.2) is 19.9 Å². The van der Waals surface area contributed by atoms with Gasteiger partial charge < -0.3 is 14.2 Å². The van der Waals surface area contributed by atoms with Crippen LogP contribution in [0.1, 0.15) is 31.9 Å². The maximum absolute atomic E-state index is 9.31. The topological polar surface area (TPSA) is 63.5 Å². The molecule has 1 aliphatic heterocycles. The van der Waals surface area contributed by atoms with Crippen LogP contribution in [0, 0.1) is 11.3 Å². The summed E-state index contributed by atoms with van der Waals surface area (Å²) in [6.07, 6.45) is 0.958. The number of rotatable bonds is 5. The third-order valence-corrected chi connectivity index (χ3v) is 3.21. The molecule has 0 aromatic heterocycles. The van der Waals surface area contributed by atoms with Crippen molar-refractivity contribution < 1.29 is 14.2 Å². The van der Waals surface area contributed by atoms with Crippen LogP contribution in [0.2, 0.25) is 0 Å². The summed E-state index contributed by atoms with van der Waals surface area (Å²) in [7, 11) is 1.57. The molecule has 0 fully saturated rings. The van der Waals surface area contributed by atoms with Gasteiger partial charge in [-0.15, -0.1) is 0 Å². The first-order chi connectivity index (χ1) is 9.19. The van der Waals surface area contributed by atoms with Crippen LogP contribution in [0.5, 0.6) is 17.2 Å². The summed E-state index contributed by atoms with van der Waals surface area (Å²) in [5.74, 6) is 1.82. The fourth-order valence-electron chi connectivity index (χ4n) is 1.93. The predicted octanol–water partition coefficient (Wildman–Crippen LogP) is 2.38. The van der Waals surface area contributed by atoms with Gasteiger partial charge in [-0.25, -0.2) is 0 Å². The molecule has 102 valence electrons. The largest absolute Gasteiger partial charge is 0.493 e. The number of hydrogen-bond acceptors (Lipinski definition) is 5. The van der Waals surface area contributed by atoms with Crippen molar-refractivity contribution in [3.8, 4) is 23.3 Å². The normalized spacial score (nSPS) is 15.7. The van der Waals surface area contributed by atoms with E-state index in [4.69, 9.17) is 14.2 Å². The summed E-state index contributed by atoms with van der Waals surface area (Å²) in [6.45, 7) is 4.31. The number of methoxy groups -OCH3 is 1. The number of nitriles is 1. The zero-order valence-corrected chi connectivity index (χ0v) is 11.4. The molecule has 5 nitrogen and oxygen atoms in total. The van der Waals surface area contributed by atoms with Crippen LogP contribution >= 0.6 is 0 Å². The monoisotopic (exact) mass is 262 g/mol. The molecule has 2 rings (SSSR count). The minimum absolute atomic E-state index is 0.186. The van der Waals surface area contributed by atoms with E-state index in [9.17, 15) is 5.26 Å². The molecule has 2 unspecified atom stereocenters. The highest BCUT2D eigenvalue weighted by atomic mass is 16.7. The number of fused-ring (bicyclic) bond motifs is 1. The molecule has 0 saturated carbocycles. The van der Waals surface area contributed by atoms with Crippen molar-refractivity contribution in [2.75, 3.05) is 13.9 Å². The Hall–Kier alpha value is -1.93. The van der Waals surface area contributed by atoms with Crippen LogP contribution < -0.4 is 19.5 Å². The summed E-state index contributed by atoms with van der Waals surface area (Å²) < 4.78 is 16.0. The van der Waals surface area contributed by atoms with Gasteiger partial charge in [0.25, 0.3) is 0 Å². The molecular formula is C14H18N2O3. The van der Waals surface area contributed by atoms with Crippen molar-refractivity contribution in [2.45, 2.75) is 32.4 Å². The third-order valence-electron chi connectivity index (χ3n) is 3.21. The van der Waals surface area contributed by atoms with Crippen molar-refractivity contribution >= 4 is 0 Å². The summed E-state index contributed by atoms with van der Waals surface area (Å²) in [5.41, 5.74) is 0.823. The van der Waals surface area contributed by atoms with Gasteiger partial charge in [-0.1, -0.05) is 6.92 Å². The molecular weight excluding hydrogens is 244 g/mol. The number of benzene rings is 1. The van der Waals surface area contributed by atoms with E-state index in [1.165, 1.54) is 0 Å². The summed E-state index contributed by atoms with van der Waals surface area (Å²) in [5, 5.41) is 12.6. The van der Waals surface area contributed by atoms with Gasteiger partial charge in [0, 0.05) is 6.04 Å². The van der Waals surface area contributed by atoms with Crippen molar-refractivity contribution in [3.05, 3.63) is 17.7 Å². The SMILES string of the molecule is CCC(C)NC(C#N)c1cc(OC)c2c(c1)OCO2. The standard InChI is InChI=1S/C14H18N2O3/c1-4-9(2)16-11(7-15)10-5-12(17-3)14-13(6-10)18-8-19-14/h5-6,9,11,16H,4,8H2,1-3H3. The van der Waals surface area contributed by atoms with Gasteiger partial charge in [0.2, 0.25) is 12.5 Å². The lowest BCUT2D eigenvalue weighted by Crippen LogP contribution is -2.29. The molecule has 0 aliphatic carbocycles. The fraction of sp³-hybridized carbons (Fsp3) is 0.500. The first kappa shape index (κ1) is 13.5. The van der Waals surface area contributed by atoms with Gasteiger partial charge in [0.15, 0.2) is 11.5 Å². The molecule has 0 amide bonds. The number of nitrogens with one attached hydrogen (secondary N) is 1. The van der Waals surface area contributed by atoms with Gasteiger partial charge in [0.05, 0.1) is 13.2 Å². The Bertz CT molecular complexity index is 496. The Balaban J connectivity index is 2.31. The lowest BCUT2D eigenvalue weighted by atomic mass is 10.1. The Labute approximate surface area is 113 Å². The molecule has 0 bridgehead atoms. The number of nitrogens with zero attached hydrogens (tertiary/aromatic N) is 1. The van der Waals surface area contributed by atoms with Crippen molar-refractivity contribution in [1.82, 2.24) is 5.32 Å². The second-order valence-corrected chi connectivity index (χ2v) is 4.50. The predicted molar refractivity (Wildman–Crippen MR) is 70.4 cm³/mol. The zero-order chi connectivity index (χ0) is 13.8. The lowest BCUT2D eigenvalue weighted by Gasteiger charge is -2.18. The molecule has 0 radical (unpaired) electrons. The Morgan fingerprint density at radius 2 is 2.26 bits per heavy atom. The highest BCUT2D eigenvalue weighted by Crippen LogP contribution is 2.42. The molecule has 2 atom stereocenters. The van der Waals surface area contributed by atoms with Gasteiger partial charge in [-0.05, 0) is 31.0 Å². The molecule has 1 heterocycles. The second kappa shape index (κ2) is 5.81. The molecule has 5 heteroatoms. The summed E-state index contributed by atoms with van der Waals surface area (Å²) in [4.78, 5) is 0. The average molecular weight is 262 g/mol. The van der Waals surface area contributed by atoms with Gasteiger partial charge in [-0.2, -0.15) is 5.26 Å². The fourth-order valence-corrected chi connectivity index (χ4v) is 1.93. The molecule has 0 saturated heterocycles. The van der Waals surface area contributed by atoms with Gasteiger partial charge >= 0.3 is 0 Å². The first-order valence-electron chi connectivity index (χ1n) is 6.32. The zero-order valence-electron chi connectivity index (χ0n) is 11.4. The summed E-state index contributed by atoms with van der Waals surface area (Å²) >= 11 is 0. The average Bonchev–Trinajstić information content (AvgIpc) is 2.91. The van der Waals surface area contributed by atoms with Crippen LogP contribution in [0.4, 0.5) is 0 Å². The van der Waals surface area contributed by atoms with Gasteiger partial charge in [-0.3, -0.25) is 5.32 Å².